The number of halogens is 1. The Morgan fingerprint density at radius 2 is 2.04 bits per heavy atom. The molecular weight excluding hydrogens is 332 g/mol. The van der Waals surface area contributed by atoms with Gasteiger partial charge >= 0.3 is 5.97 Å². The number of rotatable bonds is 5. The van der Waals surface area contributed by atoms with Crippen LogP contribution >= 0.6 is 11.6 Å². The summed E-state index contributed by atoms with van der Waals surface area (Å²) in [5.41, 5.74) is 0.758. The third-order valence-electron chi connectivity index (χ3n) is 3.05. The van der Waals surface area contributed by atoms with Crippen molar-refractivity contribution in [3.8, 4) is 11.4 Å². The summed E-state index contributed by atoms with van der Waals surface area (Å²) in [7, 11) is 0. The van der Waals surface area contributed by atoms with Gasteiger partial charge in [-0.25, -0.2) is 4.79 Å². The van der Waals surface area contributed by atoms with Gasteiger partial charge in [-0.05, 0) is 49.4 Å². The van der Waals surface area contributed by atoms with E-state index in [1.165, 1.54) is 12.2 Å². The molecule has 2 aromatic heterocycles. The molecule has 0 saturated carbocycles. The minimum Gasteiger partial charge on any atom is -0.462 e. The number of carbonyl (C=O) groups excluding carboxylic acids is 1. The van der Waals surface area contributed by atoms with Gasteiger partial charge in [-0.2, -0.15) is 4.98 Å². The van der Waals surface area contributed by atoms with E-state index in [9.17, 15) is 4.79 Å². The van der Waals surface area contributed by atoms with Crippen molar-refractivity contribution in [3.05, 3.63) is 64.9 Å². The number of nitrogens with zero attached hydrogens (tertiary/aromatic N) is 2. The summed E-state index contributed by atoms with van der Waals surface area (Å²) >= 11 is 5.83. The molecule has 0 radical (unpaired) electrons. The van der Waals surface area contributed by atoms with Crippen LogP contribution in [0.2, 0.25) is 5.02 Å². The number of aromatic nitrogens is 2. The molecule has 0 unspecified atom stereocenters. The molecule has 6 nitrogen and oxygen atoms in total. The summed E-state index contributed by atoms with van der Waals surface area (Å²) in [4.78, 5) is 15.8. The quantitative estimate of drug-likeness (QED) is 0.513. The molecule has 3 rings (SSSR count). The first-order valence-electron chi connectivity index (χ1n) is 7.10. The van der Waals surface area contributed by atoms with E-state index in [0.29, 0.717) is 16.6 Å². The number of aryl methyl sites for hydroxylation is 1. The van der Waals surface area contributed by atoms with E-state index in [1.807, 2.05) is 13.0 Å². The highest BCUT2D eigenvalue weighted by Crippen LogP contribution is 2.18. The molecule has 0 spiro atoms. The van der Waals surface area contributed by atoms with Gasteiger partial charge in [0.15, 0.2) is 6.61 Å². The second kappa shape index (κ2) is 7.14. The van der Waals surface area contributed by atoms with Crippen molar-refractivity contribution in [2.45, 2.75) is 13.5 Å². The van der Waals surface area contributed by atoms with Gasteiger partial charge in [-0.15, -0.1) is 0 Å². The SMILES string of the molecule is Cc1ccc(C=CC(=O)OCc2nc(-c3ccc(Cl)cc3)no2)o1. The average molecular weight is 345 g/mol. The molecule has 0 saturated heterocycles. The maximum absolute atomic E-state index is 11.7. The first kappa shape index (κ1) is 16.0. The molecule has 122 valence electrons. The van der Waals surface area contributed by atoms with E-state index in [-0.39, 0.29) is 12.5 Å². The van der Waals surface area contributed by atoms with Crippen LogP contribution in [0, 0.1) is 6.92 Å². The summed E-state index contributed by atoms with van der Waals surface area (Å²) in [6.07, 6.45) is 2.80. The fourth-order valence-corrected chi connectivity index (χ4v) is 2.03. The van der Waals surface area contributed by atoms with Crippen LogP contribution in [-0.2, 0) is 16.1 Å². The number of benzene rings is 1. The lowest BCUT2D eigenvalue weighted by atomic mass is 10.2. The molecule has 2 heterocycles. The Balaban J connectivity index is 1.56. The lowest BCUT2D eigenvalue weighted by Gasteiger charge is -1.96. The highest BCUT2D eigenvalue weighted by molar-refractivity contribution is 6.30. The Morgan fingerprint density at radius 1 is 1.25 bits per heavy atom. The molecule has 0 bridgehead atoms. The molecule has 0 amide bonds. The van der Waals surface area contributed by atoms with Gasteiger partial charge in [0, 0.05) is 16.7 Å². The lowest BCUT2D eigenvalue weighted by molar-refractivity contribution is -0.139. The molecule has 0 aliphatic rings. The van der Waals surface area contributed by atoms with Gasteiger partial charge < -0.3 is 13.7 Å². The number of ether oxygens (including phenoxy) is 1. The topological polar surface area (TPSA) is 78.4 Å². The second-order valence-electron chi connectivity index (χ2n) is 4.91. The van der Waals surface area contributed by atoms with Gasteiger partial charge in [0.1, 0.15) is 11.5 Å². The Labute approximate surface area is 142 Å². The third kappa shape index (κ3) is 4.11. The summed E-state index contributed by atoms with van der Waals surface area (Å²) in [5.74, 6) is 1.42. The molecule has 0 aliphatic heterocycles. The van der Waals surface area contributed by atoms with Crippen molar-refractivity contribution in [1.82, 2.24) is 10.1 Å². The summed E-state index contributed by atoms with van der Waals surface area (Å²) in [6.45, 7) is 1.71. The van der Waals surface area contributed by atoms with Crippen molar-refractivity contribution in [2.75, 3.05) is 0 Å². The zero-order valence-corrected chi connectivity index (χ0v) is 13.5. The van der Waals surface area contributed by atoms with Gasteiger partial charge in [-0.3, -0.25) is 0 Å². The molecule has 0 aliphatic carbocycles. The number of furan rings is 1. The van der Waals surface area contributed by atoms with Crippen LogP contribution in [0.4, 0.5) is 0 Å². The molecular formula is C17H13ClN2O4. The standard InChI is InChI=1S/C17H13ClN2O4/c1-11-2-7-14(23-11)8-9-16(21)22-10-15-19-17(20-24-15)12-3-5-13(18)6-4-12/h2-9H,10H2,1H3. The maximum Gasteiger partial charge on any atom is 0.331 e. The normalized spacial score (nSPS) is 11.1. The predicted molar refractivity (Wildman–Crippen MR) is 87.0 cm³/mol. The highest BCUT2D eigenvalue weighted by Gasteiger charge is 2.10. The van der Waals surface area contributed by atoms with Crippen LogP contribution in [0.25, 0.3) is 17.5 Å². The third-order valence-corrected chi connectivity index (χ3v) is 3.31. The first-order valence-corrected chi connectivity index (χ1v) is 7.48. The summed E-state index contributed by atoms with van der Waals surface area (Å²) in [5, 5.41) is 4.46. The Hall–Kier alpha value is -2.86. The Kier molecular flexibility index (Phi) is 4.77. The monoisotopic (exact) mass is 344 g/mol. The zero-order valence-electron chi connectivity index (χ0n) is 12.7. The van der Waals surface area contributed by atoms with Crippen molar-refractivity contribution >= 4 is 23.6 Å². The average Bonchev–Trinajstić information content (AvgIpc) is 3.21. The fourth-order valence-electron chi connectivity index (χ4n) is 1.90. The Bertz CT molecular complexity index is 865. The molecule has 24 heavy (non-hydrogen) atoms. The van der Waals surface area contributed by atoms with Crippen LogP contribution in [0.15, 0.2) is 51.4 Å². The van der Waals surface area contributed by atoms with Crippen molar-refractivity contribution in [3.63, 3.8) is 0 Å². The number of esters is 1. The largest absolute Gasteiger partial charge is 0.462 e. The van der Waals surface area contributed by atoms with E-state index < -0.39 is 5.97 Å². The summed E-state index contributed by atoms with van der Waals surface area (Å²) < 4.78 is 15.4. The molecule has 1 aromatic carbocycles. The zero-order chi connectivity index (χ0) is 16.9. The van der Waals surface area contributed by atoms with Crippen LogP contribution in [0.3, 0.4) is 0 Å². The molecule has 0 atom stereocenters. The highest BCUT2D eigenvalue weighted by atomic mass is 35.5. The van der Waals surface area contributed by atoms with Gasteiger partial charge in [0.2, 0.25) is 5.82 Å². The van der Waals surface area contributed by atoms with E-state index in [0.717, 1.165) is 11.3 Å². The maximum atomic E-state index is 11.7. The number of carbonyl (C=O) groups is 1. The van der Waals surface area contributed by atoms with Crippen molar-refractivity contribution in [2.24, 2.45) is 0 Å². The lowest BCUT2D eigenvalue weighted by Crippen LogP contribution is -2.00. The van der Waals surface area contributed by atoms with Crippen LogP contribution in [0.5, 0.6) is 0 Å². The Morgan fingerprint density at radius 3 is 2.75 bits per heavy atom. The van der Waals surface area contributed by atoms with Crippen molar-refractivity contribution in [1.29, 1.82) is 0 Å². The van der Waals surface area contributed by atoms with E-state index in [2.05, 4.69) is 10.1 Å². The summed E-state index contributed by atoms with van der Waals surface area (Å²) in [6, 6.07) is 10.6. The van der Waals surface area contributed by atoms with E-state index >= 15 is 0 Å². The smallest absolute Gasteiger partial charge is 0.331 e. The molecule has 0 N–H and O–H groups in total. The number of hydrogen-bond acceptors (Lipinski definition) is 6. The van der Waals surface area contributed by atoms with Gasteiger partial charge in [0.25, 0.3) is 5.89 Å². The van der Waals surface area contributed by atoms with Crippen LogP contribution in [-0.4, -0.2) is 16.1 Å². The van der Waals surface area contributed by atoms with Crippen LogP contribution < -0.4 is 0 Å². The molecule has 0 fully saturated rings. The van der Waals surface area contributed by atoms with E-state index in [1.54, 1.807) is 30.3 Å². The first-order chi connectivity index (χ1) is 11.6. The van der Waals surface area contributed by atoms with Gasteiger partial charge in [-0.1, -0.05) is 16.8 Å². The fraction of sp³-hybridized carbons (Fsp3) is 0.118. The van der Waals surface area contributed by atoms with Gasteiger partial charge in [0.05, 0.1) is 0 Å². The molecule has 3 aromatic rings. The minimum absolute atomic E-state index is 0.110. The minimum atomic E-state index is -0.532. The van der Waals surface area contributed by atoms with Crippen molar-refractivity contribution < 1.29 is 18.5 Å². The number of hydrogen-bond donors (Lipinski definition) is 0. The molecule has 7 heteroatoms. The van der Waals surface area contributed by atoms with Crippen LogP contribution in [0.1, 0.15) is 17.4 Å². The van der Waals surface area contributed by atoms with E-state index in [4.69, 9.17) is 25.3 Å². The second-order valence-corrected chi connectivity index (χ2v) is 5.34. The predicted octanol–water partition coefficient (Wildman–Crippen LogP) is 4.05.